The molecule has 4 heteroatoms. The molecule has 0 unspecified atom stereocenters. The molecule has 0 radical (unpaired) electrons. The lowest BCUT2D eigenvalue weighted by Crippen LogP contribution is -2.63. The van der Waals surface area contributed by atoms with E-state index < -0.39 is 0 Å². The van der Waals surface area contributed by atoms with Gasteiger partial charge in [0.25, 0.3) is 0 Å². The Labute approximate surface area is 163 Å². The minimum absolute atomic E-state index is 0.0624. The van der Waals surface area contributed by atoms with Crippen molar-refractivity contribution in [3.05, 3.63) is 66.2 Å². The number of carbonyl (C=O) groups excluding carboxylic acids is 1. The Morgan fingerprint density at radius 2 is 1.63 bits per heavy atom. The highest BCUT2D eigenvalue weighted by Gasteiger charge is 2.36. The number of amides is 2. The SMILES string of the molecule is CC1(C)CN(c2ccccc2)CCN1C(=O)NCCCCc1ccccc1. The summed E-state index contributed by atoms with van der Waals surface area (Å²) in [7, 11) is 0. The van der Waals surface area contributed by atoms with E-state index in [2.05, 4.69) is 72.6 Å². The van der Waals surface area contributed by atoms with Gasteiger partial charge in [-0.05, 0) is 50.8 Å². The molecule has 1 aliphatic rings. The third-order valence-corrected chi connectivity index (χ3v) is 5.28. The monoisotopic (exact) mass is 365 g/mol. The molecule has 2 aromatic carbocycles. The smallest absolute Gasteiger partial charge is 0.317 e. The normalized spacial score (nSPS) is 16.2. The second kappa shape index (κ2) is 8.94. The average Bonchev–Trinajstić information content (AvgIpc) is 2.68. The van der Waals surface area contributed by atoms with Crippen LogP contribution in [0.2, 0.25) is 0 Å². The number of aryl methyl sites for hydroxylation is 1. The molecule has 27 heavy (non-hydrogen) atoms. The van der Waals surface area contributed by atoms with E-state index in [0.717, 1.165) is 45.4 Å². The van der Waals surface area contributed by atoms with E-state index in [0.29, 0.717) is 0 Å². The Bertz CT molecular complexity index is 715. The summed E-state index contributed by atoms with van der Waals surface area (Å²) in [6.07, 6.45) is 3.17. The predicted octanol–water partition coefficient (Wildman–Crippen LogP) is 4.32. The molecule has 144 valence electrons. The molecule has 2 aromatic rings. The van der Waals surface area contributed by atoms with Gasteiger partial charge in [0.1, 0.15) is 0 Å². The van der Waals surface area contributed by atoms with Crippen molar-refractivity contribution < 1.29 is 4.79 Å². The largest absolute Gasteiger partial charge is 0.367 e. The first kappa shape index (κ1) is 19.3. The van der Waals surface area contributed by atoms with E-state index in [1.165, 1.54) is 11.3 Å². The van der Waals surface area contributed by atoms with Crippen LogP contribution < -0.4 is 10.2 Å². The first-order valence-electron chi connectivity index (χ1n) is 9.96. The van der Waals surface area contributed by atoms with E-state index in [4.69, 9.17) is 0 Å². The minimum atomic E-state index is -0.192. The van der Waals surface area contributed by atoms with Gasteiger partial charge in [-0.25, -0.2) is 4.79 Å². The third kappa shape index (κ3) is 5.25. The standard InChI is InChI=1S/C23H31N3O/c1-23(2)19-25(21-14-7-4-8-15-21)17-18-26(23)22(27)24-16-10-9-13-20-11-5-3-6-12-20/h3-8,11-12,14-15H,9-10,13,16-19H2,1-2H3,(H,24,27). The van der Waals surface area contributed by atoms with Crippen LogP contribution in [0.25, 0.3) is 0 Å². The van der Waals surface area contributed by atoms with Gasteiger partial charge in [-0.1, -0.05) is 48.5 Å². The number of carbonyl (C=O) groups is 1. The number of rotatable bonds is 6. The molecule has 1 fully saturated rings. The number of nitrogens with zero attached hydrogens (tertiary/aromatic N) is 2. The molecule has 0 bridgehead atoms. The second-order valence-electron chi connectivity index (χ2n) is 7.90. The minimum Gasteiger partial charge on any atom is -0.367 e. The summed E-state index contributed by atoms with van der Waals surface area (Å²) < 4.78 is 0. The average molecular weight is 366 g/mol. The fourth-order valence-corrected chi connectivity index (χ4v) is 3.78. The van der Waals surface area contributed by atoms with E-state index in [-0.39, 0.29) is 11.6 Å². The number of unbranched alkanes of at least 4 members (excludes halogenated alkanes) is 1. The lowest BCUT2D eigenvalue weighted by molar-refractivity contribution is 0.124. The molecule has 0 atom stereocenters. The lowest BCUT2D eigenvalue weighted by Gasteiger charge is -2.47. The quantitative estimate of drug-likeness (QED) is 0.774. The van der Waals surface area contributed by atoms with Crippen LogP contribution in [0.5, 0.6) is 0 Å². The Balaban J connectivity index is 1.43. The van der Waals surface area contributed by atoms with Gasteiger partial charge >= 0.3 is 6.03 Å². The van der Waals surface area contributed by atoms with Crippen molar-refractivity contribution in [2.24, 2.45) is 0 Å². The zero-order valence-electron chi connectivity index (χ0n) is 16.5. The van der Waals surface area contributed by atoms with Crippen LogP contribution in [0.15, 0.2) is 60.7 Å². The van der Waals surface area contributed by atoms with Gasteiger partial charge in [0.05, 0.1) is 5.54 Å². The van der Waals surface area contributed by atoms with Crippen molar-refractivity contribution >= 4 is 11.7 Å². The van der Waals surface area contributed by atoms with Crippen molar-refractivity contribution in [3.63, 3.8) is 0 Å². The van der Waals surface area contributed by atoms with Crippen LogP contribution >= 0.6 is 0 Å². The predicted molar refractivity (Wildman–Crippen MR) is 112 cm³/mol. The number of anilines is 1. The van der Waals surface area contributed by atoms with Crippen molar-refractivity contribution in [2.75, 3.05) is 31.1 Å². The fraction of sp³-hybridized carbons (Fsp3) is 0.435. The van der Waals surface area contributed by atoms with Crippen molar-refractivity contribution in [2.45, 2.75) is 38.6 Å². The van der Waals surface area contributed by atoms with Crippen molar-refractivity contribution in [1.29, 1.82) is 0 Å². The molecule has 2 amide bonds. The highest BCUT2D eigenvalue weighted by atomic mass is 16.2. The molecule has 0 saturated carbocycles. The zero-order valence-corrected chi connectivity index (χ0v) is 16.5. The van der Waals surface area contributed by atoms with Crippen LogP contribution in [0, 0.1) is 0 Å². The first-order valence-corrected chi connectivity index (χ1v) is 9.96. The molecule has 0 spiro atoms. The Morgan fingerprint density at radius 3 is 2.30 bits per heavy atom. The molecule has 4 nitrogen and oxygen atoms in total. The number of hydrogen-bond acceptors (Lipinski definition) is 2. The van der Waals surface area contributed by atoms with Gasteiger partial charge in [0.15, 0.2) is 0 Å². The van der Waals surface area contributed by atoms with Crippen LogP contribution in [0.1, 0.15) is 32.3 Å². The molecule has 0 aliphatic carbocycles. The number of hydrogen-bond donors (Lipinski definition) is 1. The fourth-order valence-electron chi connectivity index (χ4n) is 3.78. The Morgan fingerprint density at radius 1 is 0.963 bits per heavy atom. The Hall–Kier alpha value is -2.49. The van der Waals surface area contributed by atoms with Crippen molar-refractivity contribution in [3.8, 4) is 0 Å². The number of piperazine rings is 1. The summed E-state index contributed by atoms with van der Waals surface area (Å²) in [5, 5.41) is 3.12. The summed E-state index contributed by atoms with van der Waals surface area (Å²) in [6.45, 7) is 7.50. The summed E-state index contributed by atoms with van der Waals surface area (Å²) >= 11 is 0. The van der Waals surface area contributed by atoms with Gasteiger partial charge in [-0.2, -0.15) is 0 Å². The second-order valence-corrected chi connectivity index (χ2v) is 7.90. The molecular weight excluding hydrogens is 334 g/mol. The highest BCUT2D eigenvalue weighted by molar-refractivity contribution is 5.75. The van der Waals surface area contributed by atoms with Gasteiger partial charge in [0, 0.05) is 31.9 Å². The highest BCUT2D eigenvalue weighted by Crippen LogP contribution is 2.25. The van der Waals surface area contributed by atoms with Gasteiger partial charge in [0.2, 0.25) is 0 Å². The molecule has 1 aliphatic heterocycles. The maximum atomic E-state index is 12.7. The summed E-state index contributed by atoms with van der Waals surface area (Å²) in [5.74, 6) is 0. The molecule has 1 saturated heterocycles. The van der Waals surface area contributed by atoms with Crippen molar-refractivity contribution in [1.82, 2.24) is 10.2 Å². The lowest BCUT2D eigenvalue weighted by atomic mass is 9.98. The maximum Gasteiger partial charge on any atom is 0.317 e. The van der Waals surface area contributed by atoms with Crippen LogP contribution in [0.4, 0.5) is 10.5 Å². The Kier molecular flexibility index (Phi) is 6.38. The first-order chi connectivity index (χ1) is 13.1. The summed E-state index contributed by atoms with van der Waals surface area (Å²) in [5.41, 5.74) is 2.40. The van der Waals surface area contributed by atoms with Crippen LogP contribution in [0.3, 0.4) is 0 Å². The van der Waals surface area contributed by atoms with Crippen LogP contribution in [-0.4, -0.2) is 42.6 Å². The van der Waals surface area contributed by atoms with E-state index >= 15 is 0 Å². The molecule has 0 aromatic heterocycles. The van der Waals surface area contributed by atoms with Gasteiger partial charge < -0.3 is 15.1 Å². The third-order valence-electron chi connectivity index (χ3n) is 5.28. The molecule has 1 heterocycles. The summed E-state index contributed by atoms with van der Waals surface area (Å²) in [6, 6.07) is 21.0. The number of benzene rings is 2. The number of nitrogens with one attached hydrogen (secondary N) is 1. The molecular formula is C23H31N3O. The summed E-state index contributed by atoms with van der Waals surface area (Å²) in [4.78, 5) is 17.0. The maximum absolute atomic E-state index is 12.7. The number of para-hydroxylation sites is 1. The van der Waals surface area contributed by atoms with Gasteiger partial charge in [-0.15, -0.1) is 0 Å². The molecule has 3 rings (SSSR count). The molecule has 1 N–H and O–H groups in total. The number of urea groups is 1. The van der Waals surface area contributed by atoms with E-state index in [1.807, 2.05) is 17.0 Å². The van der Waals surface area contributed by atoms with E-state index in [9.17, 15) is 4.79 Å². The van der Waals surface area contributed by atoms with Gasteiger partial charge in [-0.3, -0.25) is 0 Å². The van der Waals surface area contributed by atoms with Crippen LogP contribution in [-0.2, 0) is 6.42 Å². The van der Waals surface area contributed by atoms with E-state index in [1.54, 1.807) is 0 Å². The zero-order chi connectivity index (χ0) is 19.1. The topological polar surface area (TPSA) is 35.6 Å².